The van der Waals surface area contributed by atoms with E-state index in [1.54, 1.807) is 11.8 Å². The molecule has 1 saturated heterocycles. The van der Waals surface area contributed by atoms with E-state index < -0.39 is 0 Å². The second-order valence-corrected chi connectivity index (χ2v) is 10.4. The molecule has 142 valence electrons. The summed E-state index contributed by atoms with van der Waals surface area (Å²) in [7, 11) is 0. The Hall–Kier alpha value is -0.810. The molecular weight excluding hydrogens is 360 g/mol. The Bertz CT molecular complexity index is 742. The Morgan fingerprint density at radius 2 is 1.96 bits per heavy atom. The molecule has 0 bridgehead atoms. The molecule has 2 nitrogen and oxygen atoms in total. The van der Waals surface area contributed by atoms with E-state index in [9.17, 15) is 0 Å². The molecule has 0 N–H and O–H groups in total. The lowest BCUT2D eigenvalue weighted by atomic mass is 9.95. The molecule has 0 spiro atoms. The molecule has 0 unspecified atom stereocenters. The van der Waals surface area contributed by atoms with Crippen LogP contribution in [0.5, 0.6) is 0 Å². The van der Waals surface area contributed by atoms with Gasteiger partial charge in [-0.05, 0) is 73.8 Å². The van der Waals surface area contributed by atoms with E-state index in [2.05, 4.69) is 52.7 Å². The van der Waals surface area contributed by atoms with Crippen LogP contribution in [-0.4, -0.2) is 25.8 Å². The molecule has 1 fully saturated rings. The highest BCUT2D eigenvalue weighted by molar-refractivity contribution is 8.02. The van der Waals surface area contributed by atoms with Crippen LogP contribution < -0.4 is 0 Å². The van der Waals surface area contributed by atoms with Crippen LogP contribution in [0.4, 0.5) is 0 Å². The Labute approximate surface area is 166 Å². The zero-order chi connectivity index (χ0) is 18.9. The molecule has 3 rings (SSSR count). The van der Waals surface area contributed by atoms with Crippen LogP contribution in [0.3, 0.4) is 0 Å². The summed E-state index contributed by atoms with van der Waals surface area (Å²) >= 11 is 3.59. The van der Waals surface area contributed by atoms with Gasteiger partial charge in [-0.2, -0.15) is 0 Å². The topological polar surface area (TPSA) is 18.5 Å². The van der Waals surface area contributed by atoms with Gasteiger partial charge in [0, 0.05) is 20.1 Å². The first-order valence-corrected chi connectivity index (χ1v) is 11.3. The third kappa shape index (κ3) is 4.36. The second-order valence-electron chi connectivity index (χ2n) is 8.03. The van der Waals surface area contributed by atoms with Crippen molar-refractivity contribution in [2.45, 2.75) is 53.2 Å². The molecule has 0 atom stereocenters. The molecule has 2 heterocycles. The highest BCUT2D eigenvalue weighted by atomic mass is 32.2. The number of ether oxygens (including phenoxy) is 2. The number of hydrogen-bond donors (Lipinski definition) is 0. The van der Waals surface area contributed by atoms with E-state index in [0.29, 0.717) is 0 Å². The lowest BCUT2D eigenvalue weighted by Gasteiger charge is -2.35. The van der Waals surface area contributed by atoms with E-state index in [-0.39, 0.29) is 11.7 Å². The first-order valence-electron chi connectivity index (χ1n) is 9.28. The maximum absolute atomic E-state index is 5.98. The predicted octanol–water partition coefficient (Wildman–Crippen LogP) is 6.50. The summed E-state index contributed by atoms with van der Waals surface area (Å²) in [5, 5.41) is 0. The number of thiophene rings is 1. The molecule has 0 aromatic carbocycles. The van der Waals surface area contributed by atoms with Gasteiger partial charge in [0.15, 0.2) is 6.29 Å². The second kappa shape index (κ2) is 8.05. The van der Waals surface area contributed by atoms with Crippen LogP contribution >= 0.6 is 23.1 Å². The van der Waals surface area contributed by atoms with E-state index in [1.807, 2.05) is 11.3 Å². The van der Waals surface area contributed by atoms with E-state index >= 15 is 0 Å². The van der Waals surface area contributed by atoms with Crippen molar-refractivity contribution in [3.8, 4) is 0 Å². The van der Waals surface area contributed by atoms with Crippen molar-refractivity contribution in [3.05, 3.63) is 50.1 Å². The molecule has 4 heteroatoms. The van der Waals surface area contributed by atoms with Crippen molar-refractivity contribution >= 4 is 28.7 Å². The third-order valence-corrected chi connectivity index (χ3v) is 6.75. The van der Waals surface area contributed by atoms with Crippen LogP contribution in [-0.2, 0) is 9.47 Å². The minimum atomic E-state index is -0.259. The van der Waals surface area contributed by atoms with Crippen LogP contribution in [0.15, 0.2) is 34.8 Å². The van der Waals surface area contributed by atoms with Gasteiger partial charge in [-0.1, -0.05) is 20.4 Å². The first kappa shape index (κ1) is 19.9. The summed E-state index contributed by atoms with van der Waals surface area (Å²) in [5.41, 5.74) is 5.52. The van der Waals surface area contributed by atoms with Gasteiger partial charge in [-0.25, -0.2) is 0 Å². The van der Waals surface area contributed by atoms with Crippen LogP contribution in [0.25, 0.3) is 5.57 Å². The van der Waals surface area contributed by atoms with Gasteiger partial charge < -0.3 is 9.47 Å². The summed E-state index contributed by atoms with van der Waals surface area (Å²) in [5.74, 6) is 0. The molecule has 2 aliphatic rings. The Morgan fingerprint density at radius 3 is 2.54 bits per heavy atom. The molecule has 1 aliphatic heterocycles. The average Bonchev–Trinajstić information content (AvgIpc) is 3.18. The number of hydrogen-bond acceptors (Lipinski definition) is 4. The maximum Gasteiger partial charge on any atom is 0.189 e. The van der Waals surface area contributed by atoms with E-state index in [4.69, 9.17) is 9.47 Å². The van der Waals surface area contributed by atoms with Crippen molar-refractivity contribution in [1.29, 1.82) is 0 Å². The third-order valence-electron chi connectivity index (χ3n) is 5.01. The van der Waals surface area contributed by atoms with Crippen molar-refractivity contribution in [1.82, 2.24) is 0 Å². The van der Waals surface area contributed by atoms with Gasteiger partial charge in [0.2, 0.25) is 0 Å². The van der Waals surface area contributed by atoms with Crippen LogP contribution in [0, 0.1) is 19.3 Å². The van der Waals surface area contributed by atoms with Gasteiger partial charge in [-0.3, -0.25) is 0 Å². The lowest BCUT2D eigenvalue weighted by Crippen LogP contribution is -2.38. The SMILES string of the molecule is C=C(/C=C(\SC)C1OCC(C)(C)CO1)C1=C(c2cc(C)sc2C)CCC1. The zero-order valence-electron chi connectivity index (χ0n) is 16.6. The van der Waals surface area contributed by atoms with Gasteiger partial charge >= 0.3 is 0 Å². The molecule has 26 heavy (non-hydrogen) atoms. The average molecular weight is 391 g/mol. The molecule has 1 aromatic heterocycles. The number of thioether (sulfide) groups is 1. The van der Waals surface area contributed by atoms with Gasteiger partial charge in [0.25, 0.3) is 0 Å². The largest absolute Gasteiger partial charge is 0.347 e. The maximum atomic E-state index is 5.98. The summed E-state index contributed by atoms with van der Waals surface area (Å²) in [6.07, 6.45) is 7.49. The summed E-state index contributed by atoms with van der Waals surface area (Å²) < 4.78 is 12.0. The van der Waals surface area contributed by atoms with Gasteiger partial charge in [0.1, 0.15) is 0 Å². The fourth-order valence-electron chi connectivity index (χ4n) is 3.66. The first-order chi connectivity index (χ1) is 12.3. The van der Waals surface area contributed by atoms with Gasteiger partial charge in [0.05, 0.1) is 13.2 Å². The minimum absolute atomic E-state index is 0.0898. The molecule has 0 radical (unpaired) electrons. The van der Waals surface area contributed by atoms with Crippen LogP contribution in [0.1, 0.15) is 48.4 Å². The van der Waals surface area contributed by atoms with Crippen molar-refractivity contribution < 1.29 is 9.47 Å². The summed E-state index contributed by atoms with van der Waals surface area (Å²) in [4.78, 5) is 3.91. The minimum Gasteiger partial charge on any atom is -0.347 e. The standard InChI is InChI=1S/C22H30O2S2/c1-14(10-20(25-6)21-23-12-22(4,5)13-24-21)17-8-7-9-18(17)19-11-15(2)26-16(19)3/h10-11,21H,1,7-9,12-13H2,2-6H3/b20-10-. The normalized spacial score (nSPS) is 21.5. The quantitative estimate of drug-likeness (QED) is 0.534. The Balaban J connectivity index is 1.83. The van der Waals surface area contributed by atoms with Crippen LogP contribution in [0.2, 0.25) is 0 Å². The Morgan fingerprint density at radius 1 is 1.27 bits per heavy atom. The number of rotatable bonds is 5. The molecule has 0 saturated carbocycles. The van der Waals surface area contributed by atoms with Gasteiger partial charge in [-0.15, -0.1) is 23.1 Å². The van der Waals surface area contributed by atoms with E-state index in [1.165, 1.54) is 32.9 Å². The fraction of sp³-hybridized carbons (Fsp3) is 0.545. The summed E-state index contributed by atoms with van der Waals surface area (Å²) in [6.45, 7) is 14.6. The highest BCUT2D eigenvalue weighted by Gasteiger charge is 2.30. The zero-order valence-corrected chi connectivity index (χ0v) is 18.2. The smallest absolute Gasteiger partial charge is 0.189 e. The summed E-state index contributed by atoms with van der Waals surface area (Å²) in [6, 6.07) is 2.34. The fourth-order valence-corrected chi connectivity index (χ4v) is 5.20. The molecule has 1 aromatic rings. The number of allylic oxidation sites excluding steroid dienone is 4. The Kier molecular flexibility index (Phi) is 6.18. The predicted molar refractivity (Wildman–Crippen MR) is 115 cm³/mol. The molecular formula is C22H30O2S2. The van der Waals surface area contributed by atoms with Crippen molar-refractivity contribution in [2.75, 3.05) is 19.5 Å². The highest BCUT2D eigenvalue weighted by Crippen LogP contribution is 2.42. The number of aryl methyl sites for hydroxylation is 2. The van der Waals surface area contributed by atoms with Crippen molar-refractivity contribution in [3.63, 3.8) is 0 Å². The van der Waals surface area contributed by atoms with Crippen molar-refractivity contribution in [2.24, 2.45) is 5.41 Å². The monoisotopic (exact) mass is 390 g/mol. The molecule has 0 amide bonds. The molecule has 1 aliphatic carbocycles. The van der Waals surface area contributed by atoms with E-state index in [0.717, 1.165) is 36.5 Å². The lowest BCUT2D eigenvalue weighted by molar-refractivity contribution is -0.199.